The number of amides is 1. The van der Waals surface area contributed by atoms with Crippen molar-refractivity contribution in [2.75, 3.05) is 33.4 Å². The third-order valence-corrected chi connectivity index (χ3v) is 9.16. The van der Waals surface area contributed by atoms with E-state index in [-0.39, 0.29) is 56.1 Å². The first-order chi connectivity index (χ1) is 18.9. The summed E-state index contributed by atoms with van der Waals surface area (Å²) < 4.78 is 93.1. The van der Waals surface area contributed by atoms with Gasteiger partial charge < -0.3 is 24.6 Å². The Morgan fingerprint density at radius 1 is 1.18 bits per heavy atom. The Labute approximate surface area is 230 Å². The minimum absolute atomic E-state index is 0.0577. The number of nitrogens with zero attached hydrogens (tertiary/aromatic N) is 2. The van der Waals surface area contributed by atoms with Crippen LogP contribution in [0.2, 0.25) is 0 Å². The number of carbonyl (C=O) groups is 1. The third kappa shape index (κ3) is 6.23. The van der Waals surface area contributed by atoms with Crippen LogP contribution in [0.1, 0.15) is 51.4 Å². The van der Waals surface area contributed by atoms with E-state index in [1.807, 2.05) is 4.90 Å². The molecule has 224 valence electrons. The molecule has 1 amide bonds. The predicted molar refractivity (Wildman–Crippen MR) is 135 cm³/mol. The molecule has 3 saturated heterocycles. The summed E-state index contributed by atoms with van der Waals surface area (Å²) in [7, 11) is 1.58. The molecule has 1 N–H and O–H groups in total. The van der Waals surface area contributed by atoms with Gasteiger partial charge in [0.2, 0.25) is 5.91 Å². The van der Waals surface area contributed by atoms with Crippen molar-refractivity contribution in [2.45, 2.75) is 94.0 Å². The molecule has 0 radical (unpaired) electrons. The van der Waals surface area contributed by atoms with Gasteiger partial charge in [-0.3, -0.25) is 4.79 Å². The zero-order valence-electron chi connectivity index (χ0n) is 22.6. The highest BCUT2D eigenvalue weighted by Gasteiger charge is 2.57. The van der Waals surface area contributed by atoms with Gasteiger partial charge in [-0.15, -0.1) is 0 Å². The van der Waals surface area contributed by atoms with Crippen LogP contribution in [0, 0.1) is 5.41 Å². The summed E-state index contributed by atoms with van der Waals surface area (Å²) >= 11 is 0. The second-order valence-electron chi connectivity index (χ2n) is 11.8. The minimum Gasteiger partial charge on any atom is -0.379 e. The molecule has 0 spiro atoms. The van der Waals surface area contributed by atoms with E-state index in [1.165, 1.54) is 6.08 Å². The SMILES string of the molecule is COC1COCCC1NC1CCC(CC(F)(F)F)(C(=O)N2CC3CC2CN3C2=CC=CCCC(C(F)(F)F)=C2)C1. The number of carbonyl (C=O) groups excluding carboxylic acids is 1. The van der Waals surface area contributed by atoms with E-state index >= 15 is 0 Å². The van der Waals surface area contributed by atoms with Crippen LogP contribution in [0.4, 0.5) is 26.3 Å². The molecule has 3 heterocycles. The molecule has 1 saturated carbocycles. The van der Waals surface area contributed by atoms with Gasteiger partial charge in [-0.25, -0.2) is 0 Å². The fraction of sp³-hybridized carbons (Fsp3) is 0.750. The fourth-order valence-corrected chi connectivity index (χ4v) is 7.26. The number of alkyl halides is 6. The molecule has 5 aliphatic rings. The number of allylic oxidation sites excluding steroid dienone is 5. The lowest BCUT2D eigenvalue weighted by Gasteiger charge is -2.41. The first kappa shape index (κ1) is 29.4. The van der Waals surface area contributed by atoms with Crippen molar-refractivity contribution in [3.8, 4) is 0 Å². The minimum atomic E-state index is -4.50. The van der Waals surface area contributed by atoms with Gasteiger partial charge >= 0.3 is 12.4 Å². The van der Waals surface area contributed by atoms with Crippen LogP contribution >= 0.6 is 0 Å². The zero-order chi connectivity index (χ0) is 28.7. The molecule has 40 heavy (non-hydrogen) atoms. The summed E-state index contributed by atoms with van der Waals surface area (Å²) in [5, 5.41) is 3.45. The highest BCUT2D eigenvalue weighted by Crippen LogP contribution is 2.49. The van der Waals surface area contributed by atoms with Crippen LogP contribution in [0.15, 0.2) is 35.6 Å². The second-order valence-corrected chi connectivity index (χ2v) is 11.8. The van der Waals surface area contributed by atoms with Crippen molar-refractivity contribution in [2.24, 2.45) is 5.41 Å². The molecule has 6 atom stereocenters. The topological polar surface area (TPSA) is 54.0 Å². The predicted octanol–water partition coefficient (Wildman–Crippen LogP) is 4.88. The van der Waals surface area contributed by atoms with Gasteiger partial charge in [-0.1, -0.05) is 12.2 Å². The summed E-state index contributed by atoms with van der Waals surface area (Å²) in [4.78, 5) is 17.4. The van der Waals surface area contributed by atoms with Gasteiger partial charge in [0.15, 0.2) is 0 Å². The van der Waals surface area contributed by atoms with E-state index < -0.39 is 35.7 Å². The lowest BCUT2D eigenvalue weighted by molar-refractivity contribution is -0.175. The monoisotopic (exact) mass is 577 g/mol. The summed E-state index contributed by atoms with van der Waals surface area (Å²) in [6.45, 7) is 1.46. The maximum Gasteiger partial charge on any atom is 0.412 e. The van der Waals surface area contributed by atoms with Gasteiger partial charge in [0, 0.05) is 56.2 Å². The molecule has 0 aromatic carbocycles. The highest BCUT2D eigenvalue weighted by atomic mass is 19.4. The van der Waals surface area contributed by atoms with Gasteiger partial charge in [0.1, 0.15) is 0 Å². The Kier molecular flexibility index (Phi) is 8.33. The Morgan fingerprint density at radius 2 is 1.98 bits per heavy atom. The number of rotatable bonds is 6. The number of hydrogen-bond acceptors (Lipinski definition) is 5. The molecule has 2 bridgehead atoms. The van der Waals surface area contributed by atoms with E-state index in [2.05, 4.69) is 5.32 Å². The molecule has 2 aliphatic carbocycles. The Morgan fingerprint density at radius 3 is 2.65 bits per heavy atom. The molecule has 4 fully saturated rings. The Hall–Kier alpha value is -2.05. The van der Waals surface area contributed by atoms with Crippen LogP contribution < -0.4 is 5.32 Å². The fourth-order valence-electron chi connectivity index (χ4n) is 7.26. The lowest BCUT2D eigenvalue weighted by Crippen LogP contribution is -2.54. The maximum absolute atomic E-state index is 13.9. The first-order valence-corrected chi connectivity index (χ1v) is 14.0. The number of methoxy groups -OCH3 is 1. The van der Waals surface area contributed by atoms with E-state index in [1.54, 1.807) is 30.2 Å². The molecular weight excluding hydrogens is 540 g/mol. The summed E-state index contributed by atoms with van der Waals surface area (Å²) in [5.41, 5.74) is -1.72. The van der Waals surface area contributed by atoms with Crippen LogP contribution in [0.3, 0.4) is 0 Å². The molecule has 5 rings (SSSR count). The largest absolute Gasteiger partial charge is 0.412 e. The second kappa shape index (κ2) is 11.3. The van der Waals surface area contributed by atoms with Crippen LogP contribution in [-0.2, 0) is 14.3 Å². The summed E-state index contributed by atoms with van der Waals surface area (Å²) in [6, 6.07) is -0.874. The van der Waals surface area contributed by atoms with Crippen LogP contribution in [-0.4, -0.2) is 91.7 Å². The summed E-state index contributed by atoms with van der Waals surface area (Å²) in [6.07, 6.45) is -1.98. The standard InChI is InChI=1S/C28H37F6N3O3/c1-39-24-16-40-10-8-23(24)35-19-7-9-26(13-19,17-27(29,30)31)25(38)37-15-21-12-22(37)14-36(21)20-6-4-2-3-5-18(11-20)28(32,33)34/h2,4,6,11,19,21-24,35H,3,5,7-10,12-17H2,1H3. The third-order valence-electron chi connectivity index (χ3n) is 9.16. The van der Waals surface area contributed by atoms with Crippen molar-refractivity contribution >= 4 is 5.91 Å². The van der Waals surface area contributed by atoms with Crippen molar-refractivity contribution in [1.82, 2.24) is 15.1 Å². The molecule has 12 heteroatoms. The zero-order valence-corrected chi connectivity index (χ0v) is 22.6. The Bertz CT molecular complexity index is 1040. The molecule has 6 unspecified atom stereocenters. The van der Waals surface area contributed by atoms with Crippen LogP contribution in [0.5, 0.6) is 0 Å². The van der Waals surface area contributed by atoms with E-state index in [0.717, 1.165) is 0 Å². The van der Waals surface area contributed by atoms with Crippen molar-refractivity contribution in [1.29, 1.82) is 0 Å². The number of nitrogens with one attached hydrogen (secondary N) is 1. The normalized spacial score (nSPS) is 35.0. The average Bonchev–Trinajstić information content (AvgIpc) is 3.57. The van der Waals surface area contributed by atoms with Gasteiger partial charge in [0.05, 0.1) is 30.6 Å². The molecular formula is C28H37F6N3O3. The van der Waals surface area contributed by atoms with Crippen molar-refractivity contribution in [3.05, 3.63) is 35.6 Å². The van der Waals surface area contributed by atoms with Crippen LogP contribution in [0.25, 0.3) is 0 Å². The van der Waals surface area contributed by atoms with E-state index in [0.29, 0.717) is 51.1 Å². The van der Waals surface area contributed by atoms with Gasteiger partial charge in [0.25, 0.3) is 0 Å². The number of hydrogen-bond donors (Lipinski definition) is 1. The number of likely N-dealkylation sites (tertiary alicyclic amines) is 2. The van der Waals surface area contributed by atoms with E-state index in [4.69, 9.17) is 9.47 Å². The lowest BCUT2D eigenvalue weighted by atomic mass is 9.80. The first-order valence-electron chi connectivity index (χ1n) is 14.0. The number of halogens is 6. The molecule has 0 aromatic rings. The molecule has 6 nitrogen and oxygen atoms in total. The van der Waals surface area contributed by atoms with Crippen molar-refractivity contribution < 1.29 is 40.6 Å². The van der Waals surface area contributed by atoms with Gasteiger partial charge in [-0.05, 0) is 57.1 Å². The molecule has 0 aromatic heterocycles. The Balaban J connectivity index is 1.30. The number of ether oxygens (including phenoxy) is 2. The molecule has 3 aliphatic heterocycles. The highest BCUT2D eigenvalue weighted by molar-refractivity contribution is 5.84. The smallest absolute Gasteiger partial charge is 0.379 e. The van der Waals surface area contributed by atoms with E-state index in [9.17, 15) is 31.1 Å². The quantitative estimate of drug-likeness (QED) is 0.457. The number of fused-ring (bicyclic) bond motifs is 2. The van der Waals surface area contributed by atoms with Crippen molar-refractivity contribution in [3.63, 3.8) is 0 Å². The number of piperazine rings is 1. The van der Waals surface area contributed by atoms with Gasteiger partial charge in [-0.2, -0.15) is 26.3 Å². The summed E-state index contributed by atoms with van der Waals surface area (Å²) in [5.74, 6) is -0.477. The maximum atomic E-state index is 13.9. The average molecular weight is 578 g/mol.